The summed E-state index contributed by atoms with van der Waals surface area (Å²) in [7, 11) is 0. The van der Waals surface area contributed by atoms with Crippen LogP contribution in [0.15, 0.2) is 22.1 Å². The lowest BCUT2D eigenvalue weighted by Crippen LogP contribution is -2.44. The summed E-state index contributed by atoms with van der Waals surface area (Å²) in [5, 5.41) is 29.5. The number of pyridine rings is 1. The van der Waals surface area contributed by atoms with Gasteiger partial charge in [0.1, 0.15) is 28.8 Å². The number of aliphatic hydroxyl groups excluding tert-OH is 2. The van der Waals surface area contributed by atoms with E-state index in [1.54, 1.807) is 0 Å². The van der Waals surface area contributed by atoms with E-state index in [9.17, 15) is 29.7 Å². The third-order valence-corrected chi connectivity index (χ3v) is 4.27. The Labute approximate surface area is 139 Å². The van der Waals surface area contributed by atoms with Gasteiger partial charge in [-0.2, -0.15) is 0 Å². The van der Waals surface area contributed by atoms with Crippen LogP contribution in [0.1, 0.15) is 23.5 Å². The molecule has 134 valence electrons. The summed E-state index contributed by atoms with van der Waals surface area (Å²) in [5.41, 5.74) is 0.893. The predicted molar refractivity (Wildman–Crippen MR) is 82.8 cm³/mol. The van der Waals surface area contributed by atoms with Gasteiger partial charge in [-0.05, 0) is 6.92 Å². The minimum Gasteiger partial charge on any atom is -0.394 e. The molecular formula is C14H16N4O7. The van der Waals surface area contributed by atoms with Gasteiger partial charge in [0.05, 0.1) is 12.9 Å². The zero-order chi connectivity index (χ0) is 18.5. The van der Waals surface area contributed by atoms with E-state index in [0.717, 1.165) is 17.1 Å². The Morgan fingerprint density at radius 3 is 2.76 bits per heavy atom. The molecule has 0 aromatic carbocycles. The molecule has 0 unspecified atom stereocenters. The quantitative estimate of drug-likeness (QED) is 0.392. The molecule has 1 saturated heterocycles. The third kappa shape index (κ3) is 2.44. The van der Waals surface area contributed by atoms with E-state index in [1.807, 2.05) is 0 Å². The summed E-state index contributed by atoms with van der Waals surface area (Å²) in [6.07, 6.45) is -1.88. The van der Waals surface area contributed by atoms with Gasteiger partial charge in [0.25, 0.3) is 11.5 Å². The maximum Gasteiger partial charge on any atom is 0.264 e. The number of fused-ring (bicyclic) bond motifs is 1. The Kier molecular flexibility index (Phi) is 3.95. The fraction of sp³-hybridized carbons (Fsp3) is 0.429. The zero-order valence-corrected chi connectivity index (χ0v) is 13.0. The molecule has 0 saturated carbocycles. The van der Waals surface area contributed by atoms with Crippen LogP contribution in [0.2, 0.25) is 0 Å². The molecule has 11 nitrogen and oxygen atoms in total. The Hall–Kier alpha value is -2.60. The van der Waals surface area contributed by atoms with Crippen LogP contribution in [0.4, 0.5) is 0 Å². The molecule has 3 heterocycles. The van der Waals surface area contributed by atoms with Crippen molar-refractivity contribution in [1.29, 1.82) is 0 Å². The van der Waals surface area contributed by atoms with Gasteiger partial charge in [-0.25, -0.2) is 4.98 Å². The topological polar surface area (TPSA) is 181 Å². The van der Waals surface area contributed by atoms with Crippen molar-refractivity contribution < 1.29 is 24.9 Å². The number of aromatic amines is 1. The highest BCUT2D eigenvalue weighted by Gasteiger charge is 2.53. The van der Waals surface area contributed by atoms with Gasteiger partial charge in [0, 0.05) is 6.20 Å². The van der Waals surface area contributed by atoms with Gasteiger partial charge in [-0.15, -0.1) is 0 Å². The SMILES string of the molecule is C[C@@]1(O)[C@H](O)[C@@H](CO)O[C@H]1n1cc(C(N)=O)c(=O)c2c(=O)[nH]cnc21. The average Bonchev–Trinajstić information content (AvgIpc) is 2.78. The number of hydrogen-bond donors (Lipinski definition) is 5. The summed E-state index contributed by atoms with van der Waals surface area (Å²) in [5.74, 6) is -1.08. The number of carbonyl (C=O) groups is 1. The number of rotatable bonds is 3. The molecule has 1 fully saturated rings. The molecule has 0 bridgehead atoms. The molecule has 6 N–H and O–H groups in total. The fourth-order valence-corrected chi connectivity index (χ4v) is 2.93. The molecule has 0 radical (unpaired) electrons. The van der Waals surface area contributed by atoms with Crippen molar-refractivity contribution in [1.82, 2.24) is 14.5 Å². The maximum absolute atomic E-state index is 12.3. The van der Waals surface area contributed by atoms with E-state index < -0.39 is 58.5 Å². The van der Waals surface area contributed by atoms with Crippen molar-refractivity contribution >= 4 is 16.9 Å². The molecule has 2 aromatic heterocycles. The van der Waals surface area contributed by atoms with E-state index in [4.69, 9.17) is 10.5 Å². The van der Waals surface area contributed by atoms with Gasteiger partial charge < -0.3 is 35.3 Å². The first kappa shape index (κ1) is 17.2. The van der Waals surface area contributed by atoms with Crippen LogP contribution in [0, 0.1) is 0 Å². The molecule has 1 amide bonds. The van der Waals surface area contributed by atoms with Crippen LogP contribution in [-0.2, 0) is 4.74 Å². The van der Waals surface area contributed by atoms with Gasteiger partial charge in [-0.3, -0.25) is 14.4 Å². The van der Waals surface area contributed by atoms with Crippen molar-refractivity contribution in [3.63, 3.8) is 0 Å². The number of primary amides is 1. The van der Waals surface area contributed by atoms with Crippen LogP contribution in [0.5, 0.6) is 0 Å². The smallest absolute Gasteiger partial charge is 0.264 e. The van der Waals surface area contributed by atoms with E-state index in [2.05, 4.69) is 9.97 Å². The van der Waals surface area contributed by atoms with Crippen molar-refractivity contribution in [3.05, 3.63) is 38.7 Å². The average molecular weight is 352 g/mol. The highest BCUT2D eigenvalue weighted by atomic mass is 16.6. The number of aliphatic hydroxyl groups is 3. The third-order valence-electron chi connectivity index (χ3n) is 4.27. The molecule has 0 spiro atoms. The number of amides is 1. The highest BCUT2D eigenvalue weighted by molar-refractivity contribution is 5.95. The van der Waals surface area contributed by atoms with Crippen molar-refractivity contribution in [3.8, 4) is 0 Å². The minimum absolute atomic E-state index is 0.171. The standard InChI is InChI=1S/C14H16N4O7/c1-14(24)9(21)6(3-19)25-13(14)18-2-5(10(15)22)8(20)7-11(18)16-4-17-12(7)23/h2,4,6,9,13,19,21,24H,3H2,1H3,(H2,15,22)(H,16,17,23)/t6-,9-,13-,14-/m1/s1. The number of carbonyl (C=O) groups excluding carboxylic acids is 1. The normalized spacial score (nSPS) is 29.2. The first-order chi connectivity index (χ1) is 11.7. The monoisotopic (exact) mass is 352 g/mol. The largest absolute Gasteiger partial charge is 0.394 e. The number of ether oxygens (including phenoxy) is 1. The van der Waals surface area contributed by atoms with Gasteiger partial charge in [0.15, 0.2) is 11.9 Å². The first-order valence-corrected chi connectivity index (χ1v) is 7.29. The number of H-pyrrole nitrogens is 1. The lowest BCUT2D eigenvalue weighted by Gasteiger charge is -2.29. The minimum atomic E-state index is -1.91. The fourth-order valence-electron chi connectivity index (χ4n) is 2.93. The van der Waals surface area contributed by atoms with Gasteiger partial charge in [-0.1, -0.05) is 0 Å². The van der Waals surface area contributed by atoms with E-state index >= 15 is 0 Å². The number of nitrogens with two attached hydrogens (primary N) is 1. The van der Waals surface area contributed by atoms with Crippen LogP contribution in [0.3, 0.4) is 0 Å². The second kappa shape index (κ2) is 5.74. The Morgan fingerprint density at radius 1 is 1.52 bits per heavy atom. The highest BCUT2D eigenvalue weighted by Crippen LogP contribution is 2.38. The van der Waals surface area contributed by atoms with Crippen LogP contribution < -0.4 is 16.7 Å². The molecule has 1 aliphatic rings. The summed E-state index contributed by atoms with van der Waals surface area (Å²) in [4.78, 5) is 42.1. The van der Waals surface area contributed by atoms with Crippen molar-refractivity contribution in [2.45, 2.75) is 31.0 Å². The summed E-state index contributed by atoms with van der Waals surface area (Å²) >= 11 is 0. The van der Waals surface area contributed by atoms with Gasteiger partial charge >= 0.3 is 0 Å². The lowest BCUT2D eigenvalue weighted by molar-refractivity contribution is -0.0951. The molecule has 3 rings (SSSR count). The summed E-state index contributed by atoms with van der Waals surface area (Å²) in [6, 6.07) is 0. The molecule has 11 heteroatoms. The maximum atomic E-state index is 12.3. The van der Waals surface area contributed by atoms with E-state index in [1.165, 1.54) is 6.92 Å². The first-order valence-electron chi connectivity index (χ1n) is 7.29. The lowest BCUT2D eigenvalue weighted by atomic mass is 9.96. The number of nitrogens with one attached hydrogen (secondary N) is 1. The van der Waals surface area contributed by atoms with Crippen LogP contribution >= 0.6 is 0 Å². The zero-order valence-electron chi connectivity index (χ0n) is 13.0. The van der Waals surface area contributed by atoms with Crippen molar-refractivity contribution in [2.75, 3.05) is 6.61 Å². The number of aromatic nitrogens is 3. The Bertz CT molecular complexity index is 964. The Balaban J connectivity index is 2.36. The number of hydrogen-bond acceptors (Lipinski definition) is 8. The van der Waals surface area contributed by atoms with Crippen molar-refractivity contribution in [2.24, 2.45) is 5.73 Å². The molecule has 2 aromatic rings. The summed E-state index contributed by atoms with van der Waals surface area (Å²) in [6.45, 7) is 0.668. The molecular weight excluding hydrogens is 336 g/mol. The van der Waals surface area contributed by atoms with Crippen LogP contribution in [0.25, 0.3) is 11.0 Å². The van der Waals surface area contributed by atoms with Gasteiger partial charge in [0.2, 0.25) is 5.43 Å². The second-order valence-corrected chi connectivity index (χ2v) is 5.95. The molecule has 4 atom stereocenters. The Morgan fingerprint density at radius 2 is 2.20 bits per heavy atom. The second-order valence-electron chi connectivity index (χ2n) is 5.95. The van der Waals surface area contributed by atoms with E-state index in [0.29, 0.717) is 0 Å². The molecule has 25 heavy (non-hydrogen) atoms. The van der Waals surface area contributed by atoms with E-state index in [-0.39, 0.29) is 5.65 Å². The van der Waals surface area contributed by atoms with Crippen LogP contribution in [-0.4, -0.2) is 60.2 Å². The predicted octanol–water partition coefficient (Wildman–Crippen LogP) is -2.81. The number of nitrogens with zero attached hydrogens (tertiary/aromatic N) is 2. The molecule has 1 aliphatic heterocycles. The summed E-state index contributed by atoms with van der Waals surface area (Å²) < 4.78 is 6.53. The molecule has 0 aliphatic carbocycles.